The monoisotopic (exact) mass is 391 g/mol. The number of aromatic nitrogens is 1. The first-order valence-electron chi connectivity index (χ1n) is 10.1. The van der Waals surface area contributed by atoms with E-state index in [2.05, 4.69) is 35.1 Å². The Morgan fingerprint density at radius 3 is 2.90 bits per heavy atom. The summed E-state index contributed by atoms with van der Waals surface area (Å²) in [4.78, 5) is 17.3. The second kappa shape index (κ2) is 6.59. The summed E-state index contributed by atoms with van der Waals surface area (Å²) in [5, 5.41) is 12.4. The van der Waals surface area contributed by atoms with Gasteiger partial charge in [-0.2, -0.15) is 0 Å². The van der Waals surface area contributed by atoms with Gasteiger partial charge >= 0.3 is 0 Å². The lowest BCUT2D eigenvalue weighted by Gasteiger charge is -2.50. The Morgan fingerprint density at radius 2 is 2.10 bits per heavy atom. The van der Waals surface area contributed by atoms with Crippen molar-refractivity contribution in [3.8, 4) is 5.75 Å². The molecule has 2 unspecified atom stereocenters. The summed E-state index contributed by atoms with van der Waals surface area (Å²) in [7, 11) is 3.88. The van der Waals surface area contributed by atoms with Crippen LogP contribution in [0.5, 0.6) is 5.75 Å². The first-order chi connectivity index (χ1) is 14.0. The van der Waals surface area contributed by atoms with E-state index in [0.717, 1.165) is 60.3 Å². The largest absolute Gasteiger partial charge is 0.497 e. The maximum Gasteiger partial charge on any atom is 0.279 e. The summed E-state index contributed by atoms with van der Waals surface area (Å²) in [6.45, 7) is 2.04. The predicted octanol–water partition coefficient (Wildman–Crippen LogP) is 4.07. The number of hydrogen-bond donors (Lipinski definition) is 1. The first-order valence-corrected chi connectivity index (χ1v) is 10.1. The van der Waals surface area contributed by atoms with Crippen molar-refractivity contribution in [2.75, 3.05) is 27.2 Å². The minimum atomic E-state index is -0.257. The maximum absolute atomic E-state index is 11.7. The van der Waals surface area contributed by atoms with Crippen LogP contribution in [0.2, 0.25) is 0 Å². The quantitative estimate of drug-likeness (QED) is 0.540. The van der Waals surface area contributed by atoms with Crippen molar-refractivity contribution in [1.82, 2.24) is 9.88 Å². The molecule has 0 spiro atoms. The number of methoxy groups -OCH3 is 1. The van der Waals surface area contributed by atoms with Gasteiger partial charge in [0.2, 0.25) is 0 Å². The highest BCUT2D eigenvalue weighted by molar-refractivity contribution is 5.93. The van der Waals surface area contributed by atoms with E-state index in [1.165, 1.54) is 5.56 Å². The lowest BCUT2D eigenvalue weighted by Crippen LogP contribution is -2.52. The Kier molecular flexibility index (Phi) is 4.13. The molecule has 1 aliphatic heterocycles. The molecular weight excluding hydrogens is 366 g/mol. The van der Waals surface area contributed by atoms with Crippen LogP contribution < -0.4 is 4.74 Å². The molecule has 0 radical (unpaired) electrons. The zero-order chi connectivity index (χ0) is 20.2. The molecule has 0 amide bonds. The number of hydrogen-bond acceptors (Lipinski definition) is 4. The van der Waals surface area contributed by atoms with Crippen LogP contribution in [-0.2, 0) is 18.3 Å². The molecule has 150 valence electrons. The Labute approximate surface area is 169 Å². The van der Waals surface area contributed by atoms with E-state index in [-0.39, 0.29) is 16.0 Å². The van der Waals surface area contributed by atoms with Crippen LogP contribution in [0.1, 0.15) is 23.2 Å². The highest BCUT2D eigenvalue weighted by Crippen LogP contribution is 2.50. The molecule has 3 aromatic rings. The second-order valence-corrected chi connectivity index (χ2v) is 8.52. The molecular formula is C23H25N3O3. The summed E-state index contributed by atoms with van der Waals surface area (Å²) in [6, 6.07) is 13.8. The van der Waals surface area contributed by atoms with E-state index in [4.69, 9.17) is 4.74 Å². The second-order valence-electron chi connectivity index (χ2n) is 8.52. The number of ether oxygens (including phenoxy) is 1. The van der Waals surface area contributed by atoms with Gasteiger partial charge < -0.3 is 14.6 Å². The minimum absolute atomic E-state index is 0.0176. The normalized spacial score (nSPS) is 24.1. The van der Waals surface area contributed by atoms with Gasteiger partial charge in [-0.3, -0.25) is 10.1 Å². The van der Waals surface area contributed by atoms with Crippen LogP contribution in [-0.4, -0.2) is 42.1 Å². The fourth-order valence-corrected chi connectivity index (χ4v) is 5.58. The summed E-state index contributed by atoms with van der Waals surface area (Å²) >= 11 is 0. The predicted molar refractivity (Wildman–Crippen MR) is 113 cm³/mol. The highest BCUT2D eigenvalue weighted by atomic mass is 16.6. The van der Waals surface area contributed by atoms with Crippen LogP contribution in [0.15, 0.2) is 42.5 Å². The number of nitrogens with zero attached hydrogens (tertiary/aromatic N) is 2. The minimum Gasteiger partial charge on any atom is -0.497 e. The average Bonchev–Trinajstić information content (AvgIpc) is 3.09. The summed E-state index contributed by atoms with van der Waals surface area (Å²) in [5.41, 5.74) is 4.69. The van der Waals surface area contributed by atoms with Crippen LogP contribution in [0.25, 0.3) is 10.9 Å². The molecule has 1 saturated heterocycles. The molecule has 0 saturated carbocycles. The van der Waals surface area contributed by atoms with Gasteiger partial charge in [0.15, 0.2) is 0 Å². The SMILES string of the molecule is COc1cccc(C23CCN(C)CC2Cc2c([nH]c4cccc([N+](=O)[O-])c24)C3)c1. The lowest BCUT2D eigenvalue weighted by molar-refractivity contribution is -0.383. The number of piperidine rings is 1. The van der Waals surface area contributed by atoms with Gasteiger partial charge in [-0.1, -0.05) is 18.2 Å². The van der Waals surface area contributed by atoms with E-state index in [1.54, 1.807) is 19.2 Å². The molecule has 1 N–H and O–H groups in total. The van der Waals surface area contributed by atoms with Gasteiger partial charge in [-0.05, 0) is 68.1 Å². The fraction of sp³-hybridized carbons (Fsp3) is 0.391. The van der Waals surface area contributed by atoms with Gasteiger partial charge in [0.05, 0.1) is 22.9 Å². The summed E-state index contributed by atoms with van der Waals surface area (Å²) in [5.74, 6) is 1.28. The molecule has 1 aliphatic carbocycles. The van der Waals surface area contributed by atoms with Crippen molar-refractivity contribution in [2.45, 2.75) is 24.7 Å². The van der Waals surface area contributed by atoms with Gasteiger partial charge in [-0.25, -0.2) is 0 Å². The van der Waals surface area contributed by atoms with Gasteiger partial charge in [0, 0.05) is 23.7 Å². The number of benzene rings is 2. The number of nitro benzene ring substituents is 1. The highest BCUT2D eigenvalue weighted by Gasteiger charge is 2.48. The van der Waals surface area contributed by atoms with Crippen molar-refractivity contribution in [3.63, 3.8) is 0 Å². The Hall–Kier alpha value is -2.86. The van der Waals surface area contributed by atoms with E-state index in [0.29, 0.717) is 5.92 Å². The van der Waals surface area contributed by atoms with E-state index in [9.17, 15) is 10.1 Å². The molecule has 1 fully saturated rings. The lowest BCUT2D eigenvalue weighted by atomic mass is 9.59. The molecule has 0 bridgehead atoms. The van der Waals surface area contributed by atoms with Crippen molar-refractivity contribution in [2.24, 2.45) is 5.92 Å². The summed E-state index contributed by atoms with van der Waals surface area (Å²) in [6.07, 6.45) is 2.79. The smallest absolute Gasteiger partial charge is 0.279 e. The fourth-order valence-electron chi connectivity index (χ4n) is 5.58. The van der Waals surface area contributed by atoms with Crippen LogP contribution in [0.3, 0.4) is 0 Å². The molecule has 2 heterocycles. The van der Waals surface area contributed by atoms with Crippen LogP contribution in [0.4, 0.5) is 5.69 Å². The van der Waals surface area contributed by atoms with E-state index >= 15 is 0 Å². The summed E-state index contributed by atoms with van der Waals surface area (Å²) < 4.78 is 5.51. The maximum atomic E-state index is 11.7. The number of nitro groups is 1. The number of H-pyrrole nitrogens is 1. The van der Waals surface area contributed by atoms with Crippen molar-refractivity contribution >= 4 is 16.6 Å². The third-order valence-electron chi connectivity index (χ3n) is 7.03. The molecule has 1 aromatic heterocycles. The van der Waals surface area contributed by atoms with E-state index in [1.807, 2.05) is 12.1 Å². The third kappa shape index (κ3) is 2.74. The Morgan fingerprint density at radius 1 is 1.28 bits per heavy atom. The van der Waals surface area contributed by atoms with Gasteiger partial charge in [0.25, 0.3) is 5.69 Å². The number of likely N-dealkylation sites (tertiary alicyclic amines) is 1. The number of rotatable bonds is 3. The number of fused-ring (bicyclic) bond motifs is 4. The Balaban J connectivity index is 1.69. The molecule has 29 heavy (non-hydrogen) atoms. The van der Waals surface area contributed by atoms with Crippen LogP contribution >= 0.6 is 0 Å². The number of non-ortho nitro benzene ring substituents is 1. The van der Waals surface area contributed by atoms with Crippen LogP contribution in [0, 0.1) is 16.0 Å². The standard InChI is InChI=1S/C23H25N3O3/c1-25-10-9-23(15-5-3-6-17(11-15)29-2)13-20-18(12-16(23)14-25)22-19(24-20)7-4-8-21(22)26(27)28/h3-8,11,16,24H,9-10,12-14H2,1-2H3. The van der Waals surface area contributed by atoms with Crippen molar-refractivity contribution in [3.05, 3.63) is 69.4 Å². The first kappa shape index (κ1) is 18.2. The Bertz CT molecular complexity index is 1110. The molecule has 2 aliphatic rings. The molecule has 6 heteroatoms. The number of nitrogens with one attached hydrogen (secondary N) is 1. The third-order valence-corrected chi connectivity index (χ3v) is 7.03. The molecule has 5 rings (SSSR count). The van der Waals surface area contributed by atoms with Crippen molar-refractivity contribution < 1.29 is 9.66 Å². The topological polar surface area (TPSA) is 71.4 Å². The van der Waals surface area contributed by atoms with Gasteiger partial charge in [-0.15, -0.1) is 0 Å². The average molecular weight is 391 g/mol. The molecule has 2 aromatic carbocycles. The zero-order valence-corrected chi connectivity index (χ0v) is 16.8. The van der Waals surface area contributed by atoms with E-state index < -0.39 is 0 Å². The number of aromatic amines is 1. The van der Waals surface area contributed by atoms with Gasteiger partial charge in [0.1, 0.15) is 5.75 Å². The molecule has 2 atom stereocenters. The van der Waals surface area contributed by atoms with Crippen molar-refractivity contribution in [1.29, 1.82) is 0 Å². The zero-order valence-electron chi connectivity index (χ0n) is 16.8. The molecule has 6 nitrogen and oxygen atoms in total.